The van der Waals surface area contributed by atoms with E-state index < -0.39 is 56.8 Å². The molecule has 6 nitrogen and oxygen atoms in total. The first-order valence-corrected chi connectivity index (χ1v) is 12.8. The second kappa shape index (κ2) is 10.7. The third kappa shape index (κ3) is 6.34. The van der Waals surface area contributed by atoms with E-state index in [0.717, 1.165) is 24.3 Å². The molecule has 2 N–H and O–H groups in total. The minimum absolute atomic E-state index is 0.0395. The standard InChI is InChI=1S/C26H24F4N2O4S/c1-4-37(35,36)18-8-5-15(20(28)14-18)11-24(33)31-17-7-9-19(21(29)13-17)26(2,3)25(34)32-23-10-6-16(27)12-22(23)30/h5-10,12-14H,4,11H2,1-3H3,(H,31,33)(H,32,34). The van der Waals surface area contributed by atoms with E-state index >= 15 is 0 Å². The second-order valence-corrected chi connectivity index (χ2v) is 11.1. The molecule has 0 aliphatic rings. The Hall–Kier alpha value is -3.73. The van der Waals surface area contributed by atoms with E-state index in [0.29, 0.717) is 6.07 Å². The Balaban J connectivity index is 1.72. The molecule has 2 amide bonds. The summed E-state index contributed by atoms with van der Waals surface area (Å²) in [6, 6.07) is 9.48. The van der Waals surface area contributed by atoms with E-state index in [9.17, 15) is 35.6 Å². The molecular formula is C26H24F4N2O4S. The van der Waals surface area contributed by atoms with Crippen LogP contribution < -0.4 is 10.6 Å². The fourth-order valence-electron chi connectivity index (χ4n) is 3.50. The molecule has 37 heavy (non-hydrogen) atoms. The zero-order valence-electron chi connectivity index (χ0n) is 20.2. The SMILES string of the molecule is CCS(=O)(=O)c1ccc(CC(=O)Nc2ccc(C(C)(C)C(=O)Nc3ccc(F)cc3F)c(F)c2)c(F)c1. The molecule has 0 aliphatic heterocycles. The first-order valence-electron chi connectivity index (χ1n) is 11.1. The lowest BCUT2D eigenvalue weighted by Gasteiger charge is -2.25. The van der Waals surface area contributed by atoms with E-state index in [-0.39, 0.29) is 33.2 Å². The molecule has 3 aromatic rings. The number of hydrogen-bond acceptors (Lipinski definition) is 4. The van der Waals surface area contributed by atoms with Crippen molar-refractivity contribution >= 4 is 33.0 Å². The molecule has 0 aliphatic carbocycles. The predicted molar refractivity (Wildman–Crippen MR) is 131 cm³/mol. The minimum Gasteiger partial charge on any atom is -0.326 e. The normalized spacial score (nSPS) is 11.8. The molecule has 0 bridgehead atoms. The van der Waals surface area contributed by atoms with Crippen molar-refractivity contribution in [2.24, 2.45) is 0 Å². The number of amides is 2. The number of rotatable bonds is 8. The van der Waals surface area contributed by atoms with E-state index in [1.54, 1.807) is 0 Å². The number of nitrogens with one attached hydrogen (secondary N) is 2. The average molecular weight is 537 g/mol. The third-order valence-corrected chi connectivity index (χ3v) is 7.52. The highest BCUT2D eigenvalue weighted by Gasteiger charge is 2.33. The number of carbonyl (C=O) groups is 2. The van der Waals surface area contributed by atoms with Crippen molar-refractivity contribution in [2.75, 3.05) is 16.4 Å². The molecule has 0 radical (unpaired) electrons. The Labute approximate surface area is 211 Å². The molecule has 0 heterocycles. The summed E-state index contributed by atoms with van der Waals surface area (Å²) < 4.78 is 80.1. The smallest absolute Gasteiger partial charge is 0.234 e. The van der Waals surface area contributed by atoms with E-state index in [1.807, 2.05) is 0 Å². The molecule has 0 spiro atoms. The van der Waals surface area contributed by atoms with Gasteiger partial charge in [0.1, 0.15) is 23.3 Å². The van der Waals surface area contributed by atoms with Gasteiger partial charge in [0.2, 0.25) is 11.8 Å². The summed E-state index contributed by atoms with van der Waals surface area (Å²) in [7, 11) is -3.61. The lowest BCUT2D eigenvalue weighted by Crippen LogP contribution is -2.35. The van der Waals surface area contributed by atoms with Crippen molar-refractivity contribution in [1.29, 1.82) is 0 Å². The summed E-state index contributed by atoms with van der Waals surface area (Å²) in [5, 5.41) is 4.73. The van der Waals surface area contributed by atoms with Crippen LogP contribution in [0.4, 0.5) is 28.9 Å². The summed E-state index contributed by atoms with van der Waals surface area (Å²) in [4.78, 5) is 24.9. The number of hydrogen-bond donors (Lipinski definition) is 2. The monoisotopic (exact) mass is 536 g/mol. The van der Waals surface area contributed by atoms with Gasteiger partial charge in [-0.3, -0.25) is 9.59 Å². The molecule has 0 aromatic heterocycles. The zero-order valence-corrected chi connectivity index (χ0v) is 21.0. The summed E-state index contributed by atoms with van der Waals surface area (Å²) in [6.45, 7) is 4.25. The summed E-state index contributed by atoms with van der Waals surface area (Å²) in [5.41, 5.74) is -1.80. The van der Waals surface area contributed by atoms with Crippen molar-refractivity contribution in [3.8, 4) is 0 Å². The quantitative estimate of drug-likeness (QED) is 0.391. The van der Waals surface area contributed by atoms with E-state index in [1.165, 1.54) is 45.0 Å². The van der Waals surface area contributed by atoms with Crippen LogP contribution in [0.15, 0.2) is 59.5 Å². The predicted octanol–water partition coefficient (Wildman–Crippen LogP) is 5.13. The molecular weight excluding hydrogens is 512 g/mol. The van der Waals surface area contributed by atoms with Crippen LogP contribution >= 0.6 is 0 Å². The van der Waals surface area contributed by atoms with E-state index in [4.69, 9.17) is 0 Å². The highest BCUT2D eigenvalue weighted by atomic mass is 32.2. The minimum atomic E-state index is -3.61. The number of anilines is 2. The van der Waals surface area contributed by atoms with Gasteiger partial charge in [-0.2, -0.15) is 0 Å². The van der Waals surface area contributed by atoms with Gasteiger partial charge in [-0.05, 0) is 55.8 Å². The Bertz CT molecular complexity index is 1470. The van der Waals surface area contributed by atoms with Gasteiger partial charge in [-0.25, -0.2) is 26.0 Å². The lowest BCUT2D eigenvalue weighted by atomic mass is 9.83. The summed E-state index contributed by atoms with van der Waals surface area (Å²) in [6.07, 6.45) is -0.432. The first-order chi connectivity index (χ1) is 17.2. The van der Waals surface area contributed by atoms with Crippen molar-refractivity contribution < 1.29 is 35.6 Å². The van der Waals surface area contributed by atoms with Crippen LogP contribution in [0.25, 0.3) is 0 Å². The van der Waals surface area contributed by atoms with Crippen molar-refractivity contribution in [2.45, 2.75) is 37.5 Å². The Kier molecular flexibility index (Phi) is 8.06. The molecule has 196 valence electrons. The maximum absolute atomic E-state index is 14.9. The summed E-state index contributed by atoms with van der Waals surface area (Å²) in [5.74, 6) is -5.13. The van der Waals surface area contributed by atoms with Gasteiger partial charge in [0, 0.05) is 17.3 Å². The fourth-order valence-corrected chi connectivity index (χ4v) is 4.39. The number of benzene rings is 3. The average Bonchev–Trinajstić information content (AvgIpc) is 2.81. The van der Waals surface area contributed by atoms with Gasteiger partial charge >= 0.3 is 0 Å². The van der Waals surface area contributed by atoms with Crippen molar-refractivity contribution in [1.82, 2.24) is 0 Å². The molecule has 3 rings (SSSR count). The third-order valence-electron chi connectivity index (χ3n) is 5.79. The lowest BCUT2D eigenvalue weighted by molar-refractivity contribution is -0.120. The van der Waals surface area contributed by atoms with Gasteiger partial charge < -0.3 is 10.6 Å². The van der Waals surface area contributed by atoms with Crippen LogP contribution in [0.3, 0.4) is 0 Å². The van der Waals surface area contributed by atoms with Crippen molar-refractivity contribution in [3.63, 3.8) is 0 Å². The Morgan fingerprint density at radius 3 is 2.14 bits per heavy atom. The zero-order chi connectivity index (χ0) is 27.5. The Morgan fingerprint density at radius 1 is 0.838 bits per heavy atom. The summed E-state index contributed by atoms with van der Waals surface area (Å²) >= 11 is 0. The highest BCUT2D eigenvalue weighted by molar-refractivity contribution is 7.91. The largest absolute Gasteiger partial charge is 0.326 e. The van der Waals surface area contributed by atoms with Crippen LogP contribution in [-0.2, 0) is 31.3 Å². The van der Waals surface area contributed by atoms with Crippen LogP contribution in [0.5, 0.6) is 0 Å². The molecule has 0 atom stereocenters. The van der Waals surface area contributed by atoms with Gasteiger partial charge in [0.25, 0.3) is 0 Å². The molecule has 0 saturated carbocycles. The van der Waals surface area contributed by atoms with Crippen LogP contribution in [0.1, 0.15) is 31.9 Å². The molecule has 11 heteroatoms. The molecule has 0 saturated heterocycles. The maximum Gasteiger partial charge on any atom is 0.234 e. The number of sulfone groups is 1. The highest BCUT2D eigenvalue weighted by Crippen LogP contribution is 2.30. The topological polar surface area (TPSA) is 92.3 Å². The van der Waals surface area contributed by atoms with Gasteiger partial charge in [0.05, 0.1) is 28.2 Å². The second-order valence-electron chi connectivity index (χ2n) is 8.78. The molecule has 3 aromatic carbocycles. The molecule has 0 fully saturated rings. The fraction of sp³-hybridized carbons (Fsp3) is 0.231. The Morgan fingerprint density at radius 2 is 1.54 bits per heavy atom. The van der Waals surface area contributed by atoms with Crippen LogP contribution in [0.2, 0.25) is 0 Å². The number of halogens is 4. The van der Waals surface area contributed by atoms with Gasteiger partial charge in [-0.15, -0.1) is 0 Å². The van der Waals surface area contributed by atoms with Gasteiger partial charge in [-0.1, -0.05) is 19.1 Å². The first kappa shape index (κ1) is 27.9. The molecule has 0 unspecified atom stereocenters. The van der Waals surface area contributed by atoms with Crippen molar-refractivity contribution in [3.05, 3.63) is 89.0 Å². The van der Waals surface area contributed by atoms with Gasteiger partial charge in [0.15, 0.2) is 9.84 Å². The number of carbonyl (C=O) groups excluding carboxylic acids is 2. The maximum atomic E-state index is 14.9. The van der Waals surface area contributed by atoms with Crippen LogP contribution in [-0.4, -0.2) is 26.0 Å². The van der Waals surface area contributed by atoms with E-state index in [2.05, 4.69) is 10.6 Å². The van der Waals surface area contributed by atoms with Crippen LogP contribution in [0, 0.1) is 23.3 Å².